The third kappa shape index (κ3) is 4.49. The molecule has 3 rings (SSSR count). The van der Waals surface area contributed by atoms with Crippen LogP contribution >= 0.6 is 0 Å². The van der Waals surface area contributed by atoms with Crippen LogP contribution in [0.2, 0.25) is 0 Å². The van der Waals surface area contributed by atoms with E-state index < -0.39 is 23.9 Å². The van der Waals surface area contributed by atoms with E-state index in [0.717, 1.165) is 37.0 Å². The molecule has 1 aromatic rings. The SMILES string of the molecule is CCOC(=O)c1ccc(NC(=O)CN2C(=O)N[C@H](C3CCCCC3)C2=O)cc1. The first-order valence-corrected chi connectivity index (χ1v) is 9.68. The summed E-state index contributed by atoms with van der Waals surface area (Å²) in [6, 6.07) is 5.18. The molecule has 2 N–H and O–H groups in total. The van der Waals surface area contributed by atoms with Gasteiger partial charge in [-0.05, 0) is 49.9 Å². The van der Waals surface area contributed by atoms with Gasteiger partial charge in [-0.2, -0.15) is 0 Å². The quantitative estimate of drug-likeness (QED) is 0.576. The fourth-order valence-electron chi connectivity index (χ4n) is 3.73. The normalized spacial score (nSPS) is 20.0. The number of hydrogen-bond acceptors (Lipinski definition) is 5. The zero-order valence-electron chi connectivity index (χ0n) is 15.9. The van der Waals surface area contributed by atoms with Crippen LogP contribution in [0.25, 0.3) is 0 Å². The summed E-state index contributed by atoms with van der Waals surface area (Å²) in [5, 5.41) is 5.37. The highest BCUT2D eigenvalue weighted by Gasteiger charge is 2.43. The van der Waals surface area contributed by atoms with Gasteiger partial charge in [-0.3, -0.25) is 14.5 Å². The van der Waals surface area contributed by atoms with E-state index in [1.165, 1.54) is 0 Å². The summed E-state index contributed by atoms with van der Waals surface area (Å²) >= 11 is 0. The van der Waals surface area contributed by atoms with Crippen molar-refractivity contribution in [3.63, 3.8) is 0 Å². The van der Waals surface area contributed by atoms with Crippen molar-refractivity contribution in [1.82, 2.24) is 10.2 Å². The van der Waals surface area contributed by atoms with Gasteiger partial charge < -0.3 is 15.4 Å². The summed E-state index contributed by atoms with van der Waals surface area (Å²) in [6.45, 7) is 1.67. The number of nitrogens with one attached hydrogen (secondary N) is 2. The second-order valence-electron chi connectivity index (χ2n) is 7.10. The Bertz CT molecular complexity index is 756. The standard InChI is InChI=1S/C20H25N3O5/c1-2-28-19(26)14-8-10-15(11-9-14)21-16(24)12-23-18(25)17(22-20(23)27)13-6-4-3-5-7-13/h8-11,13,17H,2-7,12H2,1H3,(H,21,24)(H,22,27)/t17-/m1/s1. The summed E-state index contributed by atoms with van der Waals surface area (Å²) in [5.41, 5.74) is 0.846. The van der Waals surface area contributed by atoms with Gasteiger partial charge in [0, 0.05) is 5.69 Å². The van der Waals surface area contributed by atoms with Crippen molar-refractivity contribution >= 4 is 29.5 Å². The van der Waals surface area contributed by atoms with E-state index in [-0.39, 0.29) is 25.0 Å². The number of carbonyl (C=O) groups excluding carboxylic acids is 4. The number of esters is 1. The molecule has 8 heteroatoms. The Kier molecular flexibility index (Phi) is 6.28. The molecule has 0 bridgehead atoms. The first kappa shape index (κ1) is 19.9. The van der Waals surface area contributed by atoms with Crippen molar-refractivity contribution in [1.29, 1.82) is 0 Å². The molecule has 4 amide bonds. The Morgan fingerprint density at radius 2 is 1.82 bits per heavy atom. The van der Waals surface area contributed by atoms with Gasteiger partial charge in [0.1, 0.15) is 12.6 Å². The van der Waals surface area contributed by atoms with Gasteiger partial charge in [0.2, 0.25) is 5.91 Å². The number of ether oxygens (including phenoxy) is 1. The molecular formula is C20H25N3O5. The minimum Gasteiger partial charge on any atom is -0.462 e. The zero-order chi connectivity index (χ0) is 20.1. The van der Waals surface area contributed by atoms with Crippen LogP contribution in [0.3, 0.4) is 0 Å². The molecular weight excluding hydrogens is 362 g/mol. The van der Waals surface area contributed by atoms with Crippen molar-refractivity contribution in [2.45, 2.75) is 45.1 Å². The largest absolute Gasteiger partial charge is 0.462 e. The maximum absolute atomic E-state index is 12.6. The molecule has 0 spiro atoms. The van der Waals surface area contributed by atoms with E-state index in [1.54, 1.807) is 31.2 Å². The van der Waals surface area contributed by atoms with E-state index >= 15 is 0 Å². The van der Waals surface area contributed by atoms with Gasteiger partial charge >= 0.3 is 12.0 Å². The van der Waals surface area contributed by atoms with E-state index in [4.69, 9.17) is 4.74 Å². The summed E-state index contributed by atoms with van der Waals surface area (Å²) in [6.07, 6.45) is 5.12. The monoisotopic (exact) mass is 387 g/mol. The molecule has 0 aromatic heterocycles. The topological polar surface area (TPSA) is 105 Å². The van der Waals surface area contributed by atoms with Gasteiger partial charge in [0.25, 0.3) is 5.91 Å². The van der Waals surface area contributed by atoms with E-state index in [9.17, 15) is 19.2 Å². The predicted molar refractivity (Wildman–Crippen MR) is 102 cm³/mol. The lowest BCUT2D eigenvalue weighted by atomic mass is 9.84. The number of hydrogen-bond donors (Lipinski definition) is 2. The highest BCUT2D eigenvalue weighted by Crippen LogP contribution is 2.29. The molecule has 1 aliphatic heterocycles. The molecule has 1 saturated heterocycles. The van der Waals surface area contributed by atoms with E-state index in [2.05, 4.69) is 10.6 Å². The Morgan fingerprint density at radius 3 is 2.46 bits per heavy atom. The molecule has 0 radical (unpaired) electrons. The minimum absolute atomic E-state index is 0.147. The lowest BCUT2D eigenvalue weighted by Gasteiger charge is -2.25. The van der Waals surface area contributed by atoms with Crippen LogP contribution < -0.4 is 10.6 Å². The second kappa shape index (κ2) is 8.86. The fraction of sp³-hybridized carbons (Fsp3) is 0.500. The number of nitrogens with zero attached hydrogens (tertiary/aromatic N) is 1. The molecule has 2 fully saturated rings. The van der Waals surface area contributed by atoms with Crippen LogP contribution in [-0.2, 0) is 14.3 Å². The molecule has 1 aliphatic carbocycles. The predicted octanol–water partition coefficient (Wildman–Crippen LogP) is 2.30. The molecule has 8 nitrogen and oxygen atoms in total. The fourth-order valence-corrected chi connectivity index (χ4v) is 3.73. The summed E-state index contributed by atoms with van der Waals surface area (Å²) in [4.78, 5) is 49.7. The van der Waals surface area contributed by atoms with Crippen LogP contribution in [0.5, 0.6) is 0 Å². The van der Waals surface area contributed by atoms with Gasteiger partial charge in [0.05, 0.1) is 12.2 Å². The highest BCUT2D eigenvalue weighted by atomic mass is 16.5. The lowest BCUT2D eigenvalue weighted by molar-refractivity contribution is -0.131. The lowest BCUT2D eigenvalue weighted by Crippen LogP contribution is -2.40. The maximum atomic E-state index is 12.6. The maximum Gasteiger partial charge on any atom is 0.338 e. The smallest absolute Gasteiger partial charge is 0.338 e. The van der Waals surface area contributed by atoms with Gasteiger partial charge in [-0.15, -0.1) is 0 Å². The van der Waals surface area contributed by atoms with Crippen molar-refractivity contribution in [2.75, 3.05) is 18.5 Å². The number of urea groups is 1. The van der Waals surface area contributed by atoms with E-state index in [0.29, 0.717) is 11.3 Å². The average Bonchev–Trinajstić information content (AvgIpc) is 2.97. The third-order valence-electron chi connectivity index (χ3n) is 5.16. The van der Waals surface area contributed by atoms with Crippen LogP contribution in [0.15, 0.2) is 24.3 Å². The Balaban J connectivity index is 1.56. The minimum atomic E-state index is -0.524. The first-order chi connectivity index (χ1) is 13.5. The molecule has 1 atom stereocenters. The number of anilines is 1. The summed E-state index contributed by atoms with van der Waals surface area (Å²) < 4.78 is 4.91. The molecule has 0 unspecified atom stereocenters. The average molecular weight is 387 g/mol. The van der Waals surface area contributed by atoms with Gasteiger partial charge in [0.15, 0.2) is 0 Å². The molecule has 28 heavy (non-hydrogen) atoms. The number of carbonyl (C=O) groups is 4. The third-order valence-corrected chi connectivity index (χ3v) is 5.16. The Morgan fingerprint density at radius 1 is 1.14 bits per heavy atom. The highest BCUT2D eigenvalue weighted by molar-refractivity contribution is 6.08. The molecule has 150 valence electrons. The molecule has 1 aromatic carbocycles. The zero-order valence-corrected chi connectivity index (χ0v) is 15.9. The van der Waals surface area contributed by atoms with Crippen molar-refractivity contribution in [3.05, 3.63) is 29.8 Å². The van der Waals surface area contributed by atoms with Crippen molar-refractivity contribution in [3.8, 4) is 0 Å². The number of amides is 4. The van der Waals surface area contributed by atoms with Crippen LogP contribution in [0.4, 0.5) is 10.5 Å². The molecule has 2 aliphatic rings. The first-order valence-electron chi connectivity index (χ1n) is 9.68. The Labute approximate surface area is 163 Å². The molecule has 1 heterocycles. The Hall–Kier alpha value is -2.90. The van der Waals surface area contributed by atoms with Gasteiger partial charge in [-0.1, -0.05) is 19.3 Å². The summed E-state index contributed by atoms with van der Waals surface area (Å²) in [7, 11) is 0. The number of rotatable bonds is 6. The van der Waals surface area contributed by atoms with Crippen LogP contribution in [0, 0.1) is 5.92 Å². The second-order valence-corrected chi connectivity index (χ2v) is 7.10. The van der Waals surface area contributed by atoms with Crippen LogP contribution in [-0.4, -0.2) is 47.9 Å². The number of benzene rings is 1. The van der Waals surface area contributed by atoms with Gasteiger partial charge in [-0.25, -0.2) is 9.59 Å². The summed E-state index contributed by atoms with van der Waals surface area (Å²) in [5.74, 6) is -1.09. The molecule has 1 saturated carbocycles. The van der Waals surface area contributed by atoms with Crippen molar-refractivity contribution in [2.24, 2.45) is 5.92 Å². The van der Waals surface area contributed by atoms with Crippen LogP contribution in [0.1, 0.15) is 49.4 Å². The van der Waals surface area contributed by atoms with Crippen molar-refractivity contribution < 1.29 is 23.9 Å². The number of imide groups is 1. The van der Waals surface area contributed by atoms with E-state index in [1.807, 2.05) is 0 Å².